The Bertz CT molecular complexity index is 873. The fourth-order valence-electron chi connectivity index (χ4n) is 2.44. The number of hydrogen-bond donors (Lipinski definition) is 0. The normalized spacial score (nSPS) is 15.1. The molecule has 0 amide bonds. The van der Waals surface area contributed by atoms with Gasteiger partial charge in [0.2, 0.25) is 5.90 Å². The molecule has 3 rings (SSSR count). The molecule has 5 nitrogen and oxygen atoms in total. The SMILES string of the molecule is CCOc1cccc(C=C2N=C(c3cccc(F)c3)OC2=O)c1OC. The van der Waals surface area contributed by atoms with Gasteiger partial charge in [0, 0.05) is 11.1 Å². The Labute approximate surface area is 144 Å². The van der Waals surface area contributed by atoms with Crippen LogP contribution in [0.3, 0.4) is 0 Å². The molecule has 128 valence electrons. The Morgan fingerprint density at radius 2 is 2.04 bits per heavy atom. The highest BCUT2D eigenvalue weighted by Gasteiger charge is 2.25. The quantitative estimate of drug-likeness (QED) is 0.616. The molecule has 2 aromatic carbocycles. The van der Waals surface area contributed by atoms with Crippen LogP contribution in [0.2, 0.25) is 0 Å². The summed E-state index contributed by atoms with van der Waals surface area (Å²) in [6.07, 6.45) is 1.55. The first kappa shape index (κ1) is 16.7. The molecule has 2 aromatic rings. The lowest BCUT2D eigenvalue weighted by Gasteiger charge is -2.11. The van der Waals surface area contributed by atoms with Crippen molar-refractivity contribution < 1.29 is 23.4 Å². The summed E-state index contributed by atoms with van der Waals surface area (Å²) in [5, 5.41) is 0. The van der Waals surface area contributed by atoms with Crippen LogP contribution in [-0.2, 0) is 9.53 Å². The lowest BCUT2D eigenvalue weighted by Crippen LogP contribution is -2.05. The third kappa shape index (κ3) is 3.52. The number of aliphatic imine (C=N–C) groups is 1. The molecule has 1 aliphatic rings. The average molecular weight is 341 g/mol. The maximum Gasteiger partial charge on any atom is 0.363 e. The van der Waals surface area contributed by atoms with E-state index in [1.165, 1.54) is 25.3 Å². The Morgan fingerprint density at radius 1 is 1.24 bits per heavy atom. The second-order valence-electron chi connectivity index (χ2n) is 5.16. The number of carbonyl (C=O) groups excluding carboxylic acids is 1. The van der Waals surface area contributed by atoms with E-state index in [0.717, 1.165) is 0 Å². The number of cyclic esters (lactones) is 1. The van der Waals surface area contributed by atoms with Crippen LogP contribution in [-0.4, -0.2) is 25.6 Å². The van der Waals surface area contributed by atoms with Crippen molar-refractivity contribution in [2.24, 2.45) is 4.99 Å². The van der Waals surface area contributed by atoms with E-state index in [4.69, 9.17) is 14.2 Å². The van der Waals surface area contributed by atoms with E-state index in [-0.39, 0.29) is 11.6 Å². The van der Waals surface area contributed by atoms with Crippen LogP contribution in [0, 0.1) is 5.82 Å². The molecule has 0 bridgehead atoms. The fourth-order valence-corrected chi connectivity index (χ4v) is 2.44. The van der Waals surface area contributed by atoms with Gasteiger partial charge in [-0.2, -0.15) is 0 Å². The molecule has 0 unspecified atom stereocenters. The van der Waals surface area contributed by atoms with E-state index in [9.17, 15) is 9.18 Å². The maximum atomic E-state index is 13.3. The minimum atomic E-state index is -0.608. The number of ether oxygens (including phenoxy) is 3. The first-order valence-electron chi connectivity index (χ1n) is 7.70. The van der Waals surface area contributed by atoms with Gasteiger partial charge in [0.05, 0.1) is 13.7 Å². The number of carbonyl (C=O) groups is 1. The number of halogens is 1. The zero-order valence-corrected chi connectivity index (χ0v) is 13.8. The van der Waals surface area contributed by atoms with Crippen LogP contribution < -0.4 is 9.47 Å². The summed E-state index contributed by atoms with van der Waals surface area (Å²) in [7, 11) is 1.52. The summed E-state index contributed by atoms with van der Waals surface area (Å²) in [6, 6.07) is 11.0. The number of nitrogens with zero attached hydrogens (tertiary/aromatic N) is 1. The van der Waals surface area contributed by atoms with Crippen molar-refractivity contribution in [1.82, 2.24) is 0 Å². The van der Waals surface area contributed by atoms with Crippen molar-refractivity contribution in [2.45, 2.75) is 6.92 Å². The van der Waals surface area contributed by atoms with Gasteiger partial charge < -0.3 is 14.2 Å². The van der Waals surface area contributed by atoms with Gasteiger partial charge in [-0.15, -0.1) is 0 Å². The van der Waals surface area contributed by atoms with Crippen molar-refractivity contribution in [1.29, 1.82) is 0 Å². The smallest absolute Gasteiger partial charge is 0.363 e. The van der Waals surface area contributed by atoms with Crippen LogP contribution in [0.1, 0.15) is 18.1 Å². The minimum Gasteiger partial charge on any atom is -0.492 e. The topological polar surface area (TPSA) is 57.1 Å². The monoisotopic (exact) mass is 341 g/mol. The molecule has 1 heterocycles. The molecule has 0 atom stereocenters. The molecule has 6 heteroatoms. The molecular formula is C19H16FNO4. The summed E-state index contributed by atoms with van der Waals surface area (Å²) in [6.45, 7) is 2.36. The van der Waals surface area contributed by atoms with Crippen LogP contribution in [0.5, 0.6) is 11.5 Å². The van der Waals surface area contributed by atoms with Crippen LogP contribution in [0.25, 0.3) is 6.08 Å². The third-order valence-corrected chi connectivity index (χ3v) is 3.50. The Hall–Kier alpha value is -3.15. The molecule has 0 aliphatic carbocycles. The molecule has 0 saturated heterocycles. The predicted octanol–water partition coefficient (Wildman–Crippen LogP) is 3.58. The van der Waals surface area contributed by atoms with Crippen LogP contribution >= 0.6 is 0 Å². The molecule has 0 saturated carbocycles. The molecule has 0 fully saturated rings. The van der Waals surface area contributed by atoms with Crippen molar-refractivity contribution in [3.63, 3.8) is 0 Å². The summed E-state index contributed by atoms with van der Waals surface area (Å²) < 4.78 is 29.4. The van der Waals surface area contributed by atoms with Gasteiger partial charge in [-0.3, -0.25) is 0 Å². The number of methoxy groups -OCH3 is 1. The second kappa shape index (κ2) is 7.17. The molecule has 25 heavy (non-hydrogen) atoms. The van der Waals surface area contributed by atoms with E-state index in [1.54, 1.807) is 30.3 Å². The standard InChI is InChI=1S/C19H16FNO4/c1-3-24-16-9-5-6-12(17(16)23-2)11-15-19(22)25-18(21-15)13-7-4-8-14(20)10-13/h4-11H,3H2,1-2H3. The Balaban J connectivity index is 1.99. The van der Waals surface area contributed by atoms with E-state index in [1.807, 2.05) is 6.92 Å². The summed E-state index contributed by atoms with van der Waals surface area (Å²) in [4.78, 5) is 16.3. The molecule has 0 radical (unpaired) electrons. The number of rotatable bonds is 5. The second-order valence-corrected chi connectivity index (χ2v) is 5.16. The lowest BCUT2D eigenvalue weighted by atomic mass is 10.1. The zero-order valence-electron chi connectivity index (χ0n) is 13.8. The third-order valence-electron chi connectivity index (χ3n) is 3.50. The minimum absolute atomic E-state index is 0.0654. The number of benzene rings is 2. The van der Waals surface area contributed by atoms with Gasteiger partial charge in [0.25, 0.3) is 0 Å². The van der Waals surface area contributed by atoms with Crippen molar-refractivity contribution in [3.05, 3.63) is 65.1 Å². The van der Waals surface area contributed by atoms with Gasteiger partial charge in [-0.25, -0.2) is 14.2 Å². The highest BCUT2D eigenvalue weighted by Crippen LogP contribution is 2.33. The first-order valence-corrected chi connectivity index (χ1v) is 7.70. The highest BCUT2D eigenvalue weighted by atomic mass is 19.1. The molecular weight excluding hydrogens is 325 g/mol. The Kier molecular flexibility index (Phi) is 4.79. The molecule has 0 spiro atoms. The van der Waals surface area contributed by atoms with E-state index >= 15 is 0 Å². The summed E-state index contributed by atoms with van der Waals surface area (Å²) >= 11 is 0. The van der Waals surface area contributed by atoms with Gasteiger partial charge in [0.15, 0.2) is 17.2 Å². The zero-order chi connectivity index (χ0) is 17.8. The number of para-hydroxylation sites is 1. The lowest BCUT2D eigenvalue weighted by molar-refractivity contribution is -0.129. The van der Waals surface area contributed by atoms with Gasteiger partial charge in [-0.05, 0) is 37.3 Å². The largest absolute Gasteiger partial charge is 0.492 e. The fraction of sp³-hybridized carbons (Fsp3) is 0.158. The van der Waals surface area contributed by atoms with Gasteiger partial charge in [0.1, 0.15) is 5.82 Å². The average Bonchev–Trinajstić information content (AvgIpc) is 2.96. The molecule has 0 aromatic heterocycles. The van der Waals surface area contributed by atoms with Crippen molar-refractivity contribution in [3.8, 4) is 11.5 Å². The Morgan fingerprint density at radius 3 is 2.76 bits per heavy atom. The van der Waals surface area contributed by atoms with E-state index in [2.05, 4.69) is 4.99 Å². The molecule has 1 aliphatic heterocycles. The summed E-state index contributed by atoms with van der Waals surface area (Å²) in [5.74, 6) is 0.0951. The van der Waals surface area contributed by atoms with Gasteiger partial charge >= 0.3 is 5.97 Å². The van der Waals surface area contributed by atoms with Crippen LogP contribution in [0.4, 0.5) is 4.39 Å². The number of hydrogen-bond acceptors (Lipinski definition) is 5. The predicted molar refractivity (Wildman–Crippen MR) is 91.2 cm³/mol. The van der Waals surface area contributed by atoms with Crippen molar-refractivity contribution >= 4 is 17.9 Å². The van der Waals surface area contributed by atoms with Crippen LogP contribution in [0.15, 0.2) is 53.2 Å². The highest BCUT2D eigenvalue weighted by molar-refractivity contribution is 6.13. The van der Waals surface area contributed by atoms with E-state index in [0.29, 0.717) is 29.2 Å². The molecule has 0 N–H and O–H groups in total. The van der Waals surface area contributed by atoms with Crippen molar-refractivity contribution in [2.75, 3.05) is 13.7 Å². The van der Waals surface area contributed by atoms with Gasteiger partial charge in [-0.1, -0.05) is 18.2 Å². The first-order chi connectivity index (χ1) is 12.1. The number of esters is 1. The maximum absolute atomic E-state index is 13.3. The van der Waals surface area contributed by atoms with E-state index < -0.39 is 11.8 Å². The summed E-state index contributed by atoms with van der Waals surface area (Å²) in [5.41, 5.74) is 1.13.